The Balaban J connectivity index is 1.26. The summed E-state index contributed by atoms with van der Waals surface area (Å²) in [6.45, 7) is 6.49. The molecule has 0 spiro atoms. The van der Waals surface area contributed by atoms with Crippen LogP contribution >= 0.6 is 11.8 Å². The first-order valence-electron chi connectivity index (χ1n) is 12.0. The summed E-state index contributed by atoms with van der Waals surface area (Å²) in [5, 5.41) is 14.0. The molecule has 0 bridgehead atoms. The predicted molar refractivity (Wildman–Crippen MR) is 147 cm³/mol. The minimum absolute atomic E-state index is 0.412. The van der Waals surface area contributed by atoms with E-state index in [0.29, 0.717) is 17.4 Å². The van der Waals surface area contributed by atoms with E-state index >= 15 is 0 Å². The van der Waals surface area contributed by atoms with Crippen molar-refractivity contribution in [3.8, 4) is 17.1 Å². The van der Waals surface area contributed by atoms with E-state index in [1.807, 2.05) is 24.3 Å². The lowest BCUT2D eigenvalue weighted by Gasteiger charge is -2.35. The van der Waals surface area contributed by atoms with E-state index in [-0.39, 0.29) is 0 Å². The van der Waals surface area contributed by atoms with Crippen molar-refractivity contribution in [2.75, 3.05) is 10.8 Å². The Morgan fingerprint density at radius 3 is 2.37 bits per heavy atom. The van der Waals surface area contributed by atoms with Gasteiger partial charge in [-0.1, -0.05) is 67.6 Å². The van der Waals surface area contributed by atoms with Crippen LogP contribution in [-0.2, 0) is 6.18 Å². The number of halogens is 3. The number of rotatable bonds is 6. The Morgan fingerprint density at radius 2 is 1.74 bits per heavy atom. The molecule has 0 aliphatic carbocycles. The van der Waals surface area contributed by atoms with Crippen molar-refractivity contribution in [1.82, 2.24) is 14.8 Å². The average Bonchev–Trinajstić information content (AvgIpc) is 3.37. The Labute approximate surface area is 222 Å². The van der Waals surface area contributed by atoms with Crippen LogP contribution in [0, 0.1) is 6.92 Å². The van der Waals surface area contributed by atoms with Gasteiger partial charge in [0.05, 0.1) is 23.3 Å². The van der Waals surface area contributed by atoms with Crippen molar-refractivity contribution < 1.29 is 13.2 Å². The molecule has 0 saturated carbocycles. The molecule has 38 heavy (non-hydrogen) atoms. The number of alkyl halides is 3. The van der Waals surface area contributed by atoms with Crippen LogP contribution in [0.2, 0.25) is 0 Å². The Morgan fingerprint density at radius 1 is 1.00 bits per heavy atom. The number of aryl methyl sites for hydroxylation is 1. The van der Waals surface area contributed by atoms with E-state index in [1.165, 1.54) is 40.0 Å². The highest BCUT2D eigenvalue weighted by Gasteiger charge is 2.30. The fourth-order valence-corrected chi connectivity index (χ4v) is 4.73. The molecule has 0 amide bonds. The second-order valence-electron chi connectivity index (χ2n) is 9.22. The van der Waals surface area contributed by atoms with Crippen molar-refractivity contribution in [3.05, 3.63) is 95.3 Å². The van der Waals surface area contributed by atoms with Crippen LogP contribution in [0.1, 0.15) is 42.0 Å². The molecule has 6 nitrogen and oxygen atoms in total. The van der Waals surface area contributed by atoms with Crippen LogP contribution in [0.3, 0.4) is 0 Å². The molecule has 1 fully saturated rings. The molecule has 3 aromatic carbocycles. The smallest absolute Gasteiger partial charge is 0.309 e. The van der Waals surface area contributed by atoms with Gasteiger partial charge in [0.2, 0.25) is 0 Å². The molecular formula is C28H25F3N6S. The minimum Gasteiger partial charge on any atom is -0.309 e. The molecule has 0 radical (unpaired) electrons. The number of nitrogens with zero attached hydrogens (tertiary/aromatic N) is 6. The second kappa shape index (κ2) is 10.4. The molecule has 1 aliphatic rings. The third kappa shape index (κ3) is 5.50. The molecule has 1 aliphatic heterocycles. The lowest BCUT2D eigenvalue weighted by atomic mass is 9.98. The van der Waals surface area contributed by atoms with Gasteiger partial charge < -0.3 is 4.90 Å². The first-order valence-corrected chi connectivity index (χ1v) is 13.0. The van der Waals surface area contributed by atoms with Gasteiger partial charge in [-0.2, -0.15) is 18.3 Å². The van der Waals surface area contributed by atoms with Crippen molar-refractivity contribution >= 4 is 28.8 Å². The third-order valence-electron chi connectivity index (χ3n) is 6.12. The van der Waals surface area contributed by atoms with E-state index in [1.54, 1.807) is 18.0 Å². The Kier molecular flexibility index (Phi) is 7.07. The number of anilines is 1. The normalized spacial score (nSPS) is 15.0. The molecule has 0 unspecified atom stereocenters. The zero-order valence-corrected chi connectivity index (χ0v) is 21.8. The number of hydrogen-bond donors (Lipinski definition) is 0. The lowest BCUT2D eigenvalue weighted by molar-refractivity contribution is -0.137. The number of hydrogen-bond acceptors (Lipinski definition) is 5. The fourth-order valence-electron chi connectivity index (χ4n) is 4.01. The van der Waals surface area contributed by atoms with Crippen LogP contribution in [0.4, 0.5) is 18.9 Å². The van der Waals surface area contributed by atoms with Crippen LogP contribution < -0.4 is 4.90 Å². The van der Waals surface area contributed by atoms with Gasteiger partial charge in [-0.3, -0.25) is 0 Å². The van der Waals surface area contributed by atoms with Gasteiger partial charge in [0.1, 0.15) is 6.33 Å². The maximum atomic E-state index is 12.8. The highest BCUT2D eigenvalue weighted by atomic mass is 32.2. The van der Waals surface area contributed by atoms with Crippen molar-refractivity contribution in [1.29, 1.82) is 0 Å². The maximum Gasteiger partial charge on any atom is 0.416 e. The molecule has 194 valence electrons. The SMILES string of the molecule is Cc1ccc(N2CS/C2=N\N=C\c2ccc(-c3ncn(-c4ccc(C(F)(F)F)cc4)n3)cc2)c(C(C)C)c1. The monoisotopic (exact) mass is 534 g/mol. The molecule has 2 heterocycles. The summed E-state index contributed by atoms with van der Waals surface area (Å²) < 4.78 is 39.9. The number of thioether (sulfide) groups is 1. The molecule has 0 atom stereocenters. The van der Waals surface area contributed by atoms with Crippen LogP contribution in [0.25, 0.3) is 17.1 Å². The van der Waals surface area contributed by atoms with E-state index in [2.05, 4.69) is 64.2 Å². The van der Waals surface area contributed by atoms with Gasteiger partial charge in [0.25, 0.3) is 0 Å². The van der Waals surface area contributed by atoms with Gasteiger partial charge in [0.15, 0.2) is 11.0 Å². The topological polar surface area (TPSA) is 58.7 Å². The van der Waals surface area contributed by atoms with Crippen LogP contribution in [0.5, 0.6) is 0 Å². The van der Waals surface area contributed by atoms with E-state index in [4.69, 9.17) is 0 Å². The standard InChI is InChI=1S/C28H25F3N6S/c1-18(2)24-14-19(3)4-13-25(24)36-17-38-27(36)34-33-15-20-5-7-21(8-6-20)26-32-16-37(35-26)23-11-9-22(10-12-23)28(29,30)31/h4-16,18H,17H2,1-3H3/b33-15+,34-27-. The number of amidine groups is 1. The first-order chi connectivity index (χ1) is 18.2. The molecule has 1 saturated heterocycles. The average molecular weight is 535 g/mol. The van der Waals surface area contributed by atoms with Gasteiger partial charge >= 0.3 is 6.18 Å². The quantitative estimate of drug-likeness (QED) is 0.193. The molecular weight excluding hydrogens is 509 g/mol. The molecule has 0 N–H and O–H groups in total. The summed E-state index contributed by atoms with van der Waals surface area (Å²) >= 11 is 1.66. The van der Waals surface area contributed by atoms with Gasteiger partial charge in [0, 0.05) is 11.3 Å². The Bertz CT molecular complexity index is 1490. The maximum absolute atomic E-state index is 12.8. The second-order valence-corrected chi connectivity index (χ2v) is 10.1. The zero-order valence-electron chi connectivity index (χ0n) is 21.0. The van der Waals surface area contributed by atoms with Crippen molar-refractivity contribution in [2.24, 2.45) is 10.2 Å². The minimum atomic E-state index is -4.38. The number of aromatic nitrogens is 3. The van der Waals surface area contributed by atoms with Crippen molar-refractivity contribution in [2.45, 2.75) is 32.9 Å². The Hall–Kier alpha value is -3.92. The summed E-state index contributed by atoms with van der Waals surface area (Å²) in [6, 6.07) is 18.8. The summed E-state index contributed by atoms with van der Waals surface area (Å²) in [5.41, 5.74) is 5.15. The lowest BCUT2D eigenvalue weighted by Crippen LogP contribution is -2.39. The van der Waals surface area contributed by atoms with Crippen molar-refractivity contribution in [3.63, 3.8) is 0 Å². The zero-order chi connectivity index (χ0) is 26.9. The molecule has 10 heteroatoms. The predicted octanol–water partition coefficient (Wildman–Crippen LogP) is 7.29. The van der Waals surface area contributed by atoms with Gasteiger partial charge in [-0.15, -0.1) is 10.2 Å². The fraction of sp³-hybridized carbons (Fsp3) is 0.214. The third-order valence-corrected chi connectivity index (χ3v) is 7.07. The highest BCUT2D eigenvalue weighted by Crippen LogP contribution is 2.36. The van der Waals surface area contributed by atoms with E-state index in [9.17, 15) is 13.2 Å². The van der Waals surface area contributed by atoms with Crippen LogP contribution in [-0.4, -0.2) is 32.0 Å². The first kappa shape index (κ1) is 25.7. The molecule has 5 rings (SSSR count). The van der Waals surface area contributed by atoms with Gasteiger partial charge in [-0.05, 0) is 54.3 Å². The summed E-state index contributed by atoms with van der Waals surface area (Å²) in [6.07, 6.45) is -1.21. The number of benzene rings is 3. The van der Waals surface area contributed by atoms with E-state index in [0.717, 1.165) is 34.3 Å². The highest BCUT2D eigenvalue weighted by molar-refractivity contribution is 8.16. The summed E-state index contributed by atoms with van der Waals surface area (Å²) in [4.78, 5) is 6.47. The van der Waals surface area contributed by atoms with E-state index < -0.39 is 11.7 Å². The summed E-state index contributed by atoms with van der Waals surface area (Å²) in [5.74, 6) is 1.72. The molecule has 4 aromatic rings. The largest absolute Gasteiger partial charge is 0.416 e. The molecule has 1 aromatic heterocycles. The van der Waals surface area contributed by atoms with Gasteiger partial charge in [-0.25, -0.2) is 9.67 Å². The summed E-state index contributed by atoms with van der Waals surface area (Å²) in [7, 11) is 0. The van der Waals surface area contributed by atoms with Crippen LogP contribution in [0.15, 0.2) is 83.3 Å².